The summed E-state index contributed by atoms with van der Waals surface area (Å²) >= 11 is 0. The molecule has 1 aromatic carbocycles. The highest BCUT2D eigenvalue weighted by molar-refractivity contribution is 5.84. The van der Waals surface area contributed by atoms with E-state index in [1.165, 1.54) is 38.5 Å². The van der Waals surface area contributed by atoms with E-state index < -0.39 is 18.1 Å². The number of halogens is 1. The largest absolute Gasteiger partial charge is 0.497 e. The number of aromatic nitrogens is 1. The minimum absolute atomic E-state index is 0.574. The fraction of sp³-hybridized carbons (Fsp3) is 0.643. The number of rotatable bonds is 10. The Balaban J connectivity index is 1.37. The van der Waals surface area contributed by atoms with Gasteiger partial charge in [0.2, 0.25) is 0 Å². The second-order valence-electron chi connectivity index (χ2n) is 10.4. The number of hydrogen-bond donors (Lipinski definition) is 1. The first-order valence-corrected chi connectivity index (χ1v) is 13.0. The lowest BCUT2D eigenvalue weighted by Gasteiger charge is -2.39. The van der Waals surface area contributed by atoms with Crippen molar-refractivity contribution in [3.63, 3.8) is 0 Å². The SMILES string of the molecule is COc1ccc2ncc(CF)c(CCCC3(C(=O)O)CCN(CCC4CCCCC4)CC3)c2c1. The third-order valence-electron chi connectivity index (χ3n) is 8.35. The van der Waals surface area contributed by atoms with Gasteiger partial charge in [-0.1, -0.05) is 32.1 Å². The highest BCUT2D eigenvalue weighted by Crippen LogP contribution is 2.38. The third kappa shape index (κ3) is 5.70. The lowest BCUT2D eigenvalue weighted by Crippen LogP contribution is -2.45. The average Bonchev–Trinajstić information content (AvgIpc) is 2.88. The zero-order valence-corrected chi connectivity index (χ0v) is 20.5. The van der Waals surface area contributed by atoms with Crippen LogP contribution < -0.4 is 4.74 Å². The number of hydrogen-bond acceptors (Lipinski definition) is 4. The number of fused-ring (bicyclic) bond motifs is 1. The third-order valence-corrected chi connectivity index (χ3v) is 8.35. The van der Waals surface area contributed by atoms with E-state index in [0.717, 1.165) is 48.4 Å². The molecule has 1 aliphatic carbocycles. The number of carbonyl (C=O) groups is 1. The van der Waals surface area contributed by atoms with Crippen LogP contribution in [-0.4, -0.2) is 47.7 Å². The van der Waals surface area contributed by atoms with E-state index in [1.54, 1.807) is 13.3 Å². The van der Waals surface area contributed by atoms with Crippen LogP contribution >= 0.6 is 0 Å². The van der Waals surface area contributed by atoms with E-state index in [9.17, 15) is 14.3 Å². The van der Waals surface area contributed by atoms with Crippen molar-refractivity contribution in [2.75, 3.05) is 26.7 Å². The Morgan fingerprint density at radius 3 is 2.68 bits per heavy atom. The first-order chi connectivity index (χ1) is 16.5. The van der Waals surface area contributed by atoms with Gasteiger partial charge in [0, 0.05) is 17.1 Å². The molecular weight excluding hydrogens is 431 g/mol. The quantitative estimate of drug-likeness (QED) is 0.450. The van der Waals surface area contributed by atoms with Gasteiger partial charge in [-0.15, -0.1) is 0 Å². The molecule has 0 spiro atoms. The van der Waals surface area contributed by atoms with Gasteiger partial charge >= 0.3 is 5.97 Å². The van der Waals surface area contributed by atoms with E-state index >= 15 is 0 Å². The molecule has 2 fully saturated rings. The van der Waals surface area contributed by atoms with Crippen molar-refractivity contribution in [3.05, 3.63) is 35.5 Å². The van der Waals surface area contributed by atoms with E-state index in [2.05, 4.69) is 9.88 Å². The van der Waals surface area contributed by atoms with Crippen molar-refractivity contribution < 1.29 is 19.0 Å². The molecule has 1 saturated carbocycles. The maximum atomic E-state index is 13.8. The Hall–Kier alpha value is -2.21. The average molecular weight is 471 g/mol. The number of nitrogens with zero attached hydrogens (tertiary/aromatic N) is 2. The predicted molar refractivity (Wildman–Crippen MR) is 133 cm³/mol. The minimum Gasteiger partial charge on any atom is -0.497 e. The molecule has 34 heavy (non-hydrogen) atoms. The van der Waals surface area contributed by atoms with Crippen LogP contribution in [0.5, 0.6) is 5.75 Å². The second-order valence-corrected chi connectivity index (χ2v) is 10.4. The summed E-state index contributed by atoms with van der Waals surface area (Å²) in [6.07, 6.45) is 13.1. The maximum absolute atomic E-state index is 13.8. The molecule has 2 aliphatic rings. The van der Waals surface area contributed by atoms with Crippen molar-refractivity contribution in [3.8, 4) is 5.75 Å². The van der Waals surface area contributed by atoms with Crippen molar-refractivity contribution in [1.29, 1.82) is 0 Å². The van der Waals surface area contributed by atoms with E-state index in [-0.39, 0.29) is 0 Å². The number of aliphatic carboxylic acids is 1. The number of pyridine rings is 1. The van der Waals surface area contributed by atoms with Crippen molar-refractivity contribution in [2.24, 2.45) is 11.3 Å². The van der Waals surface area contributed by atoms with Gasteiger partial charge < -0.3 is 14.7 Å². The van der Waals surface area contributed by atoms with Gasteiger partial charge in [0.25, 0.3) is 0 Å². The molecule has 0 unspecified atom stereocenters. The van der Waals surface area contributed by atoms with E-state index in [0.29, 0.717) is 37.0 Å². The number of aryl methyl sites for hydroxylation is 1. The van der Waals surface area contributed by atoms with Crippen molar-refractivity contribution >= 4 is 16.9 Å². The molecule has 0 radical (unpaired) electrons. The Kier molecular flexibility index (Phi) is 8.41. The summed E-state index contributed by atoms with van der Waals surface area (Å²) in [6.45, 7) is 2.26. The summed E-state index contributed by atoms with van der Waals surface area (Å²) in [7, 11) is 1.62. The van der Waals surface area contributed by atoms with Gasteiger partial charge in [-0.05, 0) is 87.8 Å². The first kappa shape index (κ1) is 24.9. The summed E-state index contributed by atoms with van der Waals surface area (Å²) < 4.78 is 19.1. The molecule has 0 atom stereocenters. The number of carboxylic acid groups (broad SMARTS) is 1. The van der Waals surface area contributed by atoms with Gasteiger partial charge in [0.1, 0.15) is 12.4 Å². The summed E-state index contributed by atoms with van der Waals surface area (Å²) in [4.78, 5) is 19.2. The normalized spacial score (nSPS) is 19.4. The molecule has 6 heteroatoms. The number of methoxy groups -OCH3 is 1. The predicted octanol–water partition coefficient (Wildman–Crippen LogP) is 6.17. The summed E-state index contributed by atoms with van der Waals surface area (Å²) in [6, 6.07) is 5.66. The molecule has 5 nitrogen and oxygen atoms in total. The van der Waals surface area contributed by atoms with Gasteiger partial charge in [-0.25, -0.2) is 4.39 Å². The van der Waals surface area contributed by atoms with Gasteiger partial charge in [0.15, 0.2) is 0 Å². The van der Waals surface area contributed by atoms with Crippen LogP contribution in [0.1, 0.15) is 75.3 Å². The van der Waals surface area contributed by atoms with Crippen LogP contribution in [0.2, 0.25) is 0 Å². The lowest BCUT2D eigenvalue weighted by atomic mass is 9.74. The highest BCUT2D eigenvalue weighted by atomic mass is 19.1. The Morgan fingerprint density at radius 1 is 1.24 bits per heavy atom. The molecule has 0 amide bonds. The zero-order valence-electron chi connectivity index (χ0n) is 20.5. The number of alkyl halides is 1. The monoisotopic (exact) mass is 470 g/mol. The molecule has 2 heterocycles. The minimum atomic E-state index is -0.675. The fourth-order valence-electron chi connectivity index (χ4n) is 6.03. The van der Waals surface area contributed by atoms with Crippen molar-refractivity contribution in [2.45, 2.75) is 77.3 Å². The molecule has 1 saturated heterocycles. The van der Waals surface area contributed by atoms with Gasteiger partial charge in [-0.2, -0.15) is 0 Å². The number of piperidine rings is 1. The second kappa shape index (κ2) is 11.5. The molecule has 1 aliphatic heterocycles. The van der Waals surface area contributed by atoms with E-state index in [4.69, 9.17) is 4.74 Å². The number of likely N-dealkylation sites (tertiary alicyclic amines) is 1. The Labute approximate surface area is 202 Å². The maximum Gasteiger partial charge on any atom is 0.309 e. The zero-order chi connectivity index (χ0) is 24.0. The van der Waals surface area contributed by atoms with Gasteiger partial charge in [-0.3, -0.25) is 9.78 Å². The fourth-order valence-corrected chi connectivity index (χ4v) is 6.03. The van der Waals surface area contributed by atoms with Crippen LogP contribution in [0.25, 0.3) is 10.9 Å². The molecule has 1 N–H and O–H groups in total. The van der Waals surface area contributed by atoms with Gasteiger partial charge in [0.05, 0.1) is 18.0 Å². The summed E-state index contributed by atoms with van der Waals surface area (Å²) in [5.41, 5.74) is 1.66. The van der Waals surface area contributed by atoms with Crippen LogP contribution in [0, 0.1) is 11.3 Å². The van der Waals surface area contributed by atoms with Crippen LogP contribution in [0.15, 0.2) is 24.4 Å². The molecular formula is C28H39FN2O3. The number of benzene rings is 1. The van der Waals surface area contributed by atoms with Crippen LogP contribution in [0.4, 0.5) is 4.39 Å². The number of carboxylic acids is 1. The van der Waals surface area contributed by atoms with Crippen LogP contribution in [0.3, 0.4) is 0 Å². The summed E-state index contributed by atoms with van der Waals surface area (Å²) in [5.74, 6) is 0.902. The molecule has 2 aromatic rings. The Morgan fingerprint density at radius 2 is 2.00 bits per heavy atom. The van der Waals surface area contributed by atoms with Crippen LogP contribution in [-0.2, 0) is 17.9 Å². The van der Waals surface area contributed by atoms with Crippen molar-refractivity contribution in [1.82, 2.24) is 9.88 Å². The number of ether oxygens (including phenoxy) is 1. The lowest BCUT2D eigenvalue weighted by molar-refractivity contribution is -0.152. The molecule has 1 aromatic heterocycles. The van der Waals surface area contributed by atoms with E-state index in [1.807, 2.05) is 18.2 Å². The Bertz CT molecular complexity index is 960. The standard InChI is InChI=1S/C28H39FN2O3/c1-34-23-9-10-26-25(18-23)24(22(19-29)20-30-26)8-5-12-28(27(32)33)13-16-31(17-14-28)15-11-21-6-3-2-4-7-21/h9-10,18,20-21H,2-8,11-17,19H2,1H3,(H,32,33). The molecule has 186 valence electrons. The highest BCUT2D eigenvalue weighted by Gasteiger charge is 2.41. The summed E-state index contributed by atoms with van der Waals surface area (Å²) in [5, 5.41) is 11.0. The topological polar surface area (TPSA) is 62.7 Å². The molecule has 0 bridgehead atoms. The smallest absolute Gasteiger partial charge is 0.309 e. The molecule has 4 rings (SSSR count). The first-order valence-electron chi connectivity index (χ1n) is 13.0.